The molecule has 3 N–H and O–H groups in total. The number of hydrogen-bond acceptors (Lipinski definition) is 4. The van der Waals surface area contributed by atoms with Crippen molar-refractivity contribution in [2.75, 3.05) is 33.4 Å². The molecule has 11 heteroatoms. The fourth-order valence-electron chi connectivity index (χ4n) is 5.33. The molecule has 0 aromatic heterocycles. The molecule has 0 spiro atoms. The van der Waals surface area contributed by atoms with E-state index < -0.39 is 23.5 Å². The second-order valence-corrected chi connectivity index (χ2v) is 11.7. The third-order valence-electron chi connectivity index (χ3n) is 7.85. The molecule has 0 saturated carbocycles. The van der Waals surface area contributed by atoms with Gasteiger partial charge in [-0.25, -0.2) is 0 Å². The lowest BCUT2D eigenvalue weighted by Gasteiger charge is -2.14. The van der Waals surface area contributed by atoms with Gasteiger partial charge in [0, 0.05) is 38.9 Å². The van der Waals surface area contributed by atoms with Gasteiger partial charge in [-0.05, 0) is 75.7 Å². The monoisotopic (exact) mass is 702 g/mol. The van der Waals surface area contributed by atoms with Gasteiger partial charge in [-0.3, -0.25) is 0 Å². The van der Waals surface area contributed by atoms with Crippen molar-refractivity contribution >= 4 is 35.9 Å². The molecule has 49 heavy (non-hydrogen) atoms. The van der Waals surface area contributed by atoms with Crippen LogP contribution in [-0.2, 0) is 30.2 Å². The number of halogens is 7. The van der Waals surface area contributed by atoms with Crippen LogP contribution in [0.3, 0.4) is 0 Å². The minimum atomic E-state index is -4.56. The van der Waals surface area contributed by atoms with Gasteiger partial charge in [0.25, 0.3) is 0 Å². The van der Waals surface area contributed by atoms with Gasteiger partial charge in [0.2, 0.25) is 0 Å². The van der Waals surface area contributed by atoms with Crippen LogP contribution in [0, 0.1) is 6.92 Å². The van der Waals surface area contributed by atoms with E-state index >= 15 is 0 Å². The van der Waals surface area contributed by atoms with Crippen molar-refractivity contribution in [3.05, 3.63) is 128 Å². The summed E-state index contributed by atoms with van der Waals surface area (Å²) >= 11 is 6.85. The number of rotatable bonds is 14. The molecule has 4 rings (SSSR count). The van der Waals surface area contributed by atoms with E-state index in [1.165, 1.54) is 36.4 Å². The van der Waals surface area contributed by atoms with Crippen LogP contribution in [0.5, 0.6) is 0 Å². The minimum Gasteiger partial charge on any atom is -0.395 e. The van der Waals surface area contributed by atoms with Gasteiger partial charge >= 0.3 is 12.4 Å². The number of hydrogen-bond donors (Lipinski definition) is 3. The summed E-state index contributed by atoms with van der Waals surface area (Å²) in [6.07, 6.45) is -3.15. The van der Waals surface area contributed by atoms with Crippen molar-refractivity contribution in [2.24, 2.45) is 0 Å². The molecule has 0 radical (unpaired) electrons. The Hall–Kier alpha value is -3.93. The van der Waals surface area contributed by atoms with E-state index in [1.54, 1.807) is 49.6 Å². The molecule has 0 amide bonds. The van der Waals surface area contributed by atoms with E-state index in [0.717, 1.165) is 23.3 Å². The van der Waals surface area contributed by atoms with E-state index in [1.807, 2.05) is 13.0 Å². The van der Waals surface area contributed by atoms with E-state index in [0.29, 0.717) is 65.6 Å². The highest BCUT2D eigenvalue weighted by Gasteiger charge is 2.33. The smallest absolute Gasteiger partial charge is 0.395 e. The predicted octanol–water partition coefficient (Wildman–Crippen LogP) is 9.51. The van der Waals surface area contributed by atoms with Crippen LogP contribution in [0.1, 0.15) is 50.1 Å². The van der Waals surface area contributed by atoms with Gasteiger partial charge in [-0.15, -0.1) is 0 Å². The first kappa shape index (κ1) is 37.9. The Morgan fingerprint density at radius 1 is 0.673 bits per heavy atom. The second kappa shape index (κ2) is 17.1. The van der Waals surface area contributed by atoms with Crippen LogP contribution < -0.4 is 10.6 Å². The average Bonchev–Trinajstić information content (AvgIpc) is 3.05. The van der Waals surface area contributed by atoms with Crippen LogP contribution in [-0.4, -0.2) is 38.5 Å². The topological polar surface area (TPSA) is 53.5 Å². The van der Waals surface area contributed by atoms with Crippen molar-refractivity contribution in [3.63, 3.8) is 0 Å². The first-order valence-electron chi connectivity index (χ1n) is 15.5. The molecule has 0 aliphatic carbocycles. The standard InChI is InChI=1S/C38H37ClF6N2O2/c1-25-28(11-13-30-21-26(23-46-17-19-48)9-15-34(30)37(40,41)42)5-3-7-32(25)33-8-4-6-29(36(33)39)12-14-31-22-27(24-47-18-20-49-2)10-16-35(31)38(43,44)45/h3-16,21-22,46-48H,17-20,23-24H2,1-2H3/b13-11+,14-12+. The number of nitrogens with one attached hydrogen (secondary N) is 2. The Kier molecular flexibility index (Phi) is 13.2. The van der Waals surface area contributed by atoms with Crippen LogP contribution in [0.2, 0.25) is 5.02 Å². The van der Waals surface area contributed by atoms with E-state index in [9.17, 15) is 26.3 Å². The summed E-state index contributed by atoms with van der Waals surface area (Å²) in [5.41, 5.74) is 3.03. The molecule has 0 heterocycles. The molecule has 4 nitrogen and oxygen atoms in total. The first-order chi connectivity index (χ1) is 23.3. The minimum absolute atomic E-state index is 0.00109. The Morgan fingerprint density at radius 2 is 1.16 bits per heavy atom. The summed E-state index contributed by atoms with van der Waals surface area (Å²) in [4.78, 5) is 0. The Morgan fingerprint density at radius 3 is 1.69 bits per heavy atom. The van der Waals surface area contributed by atoms with Crippen molar-refractivity contribution in [1.82, 2.24) is 10.6 Å². The number of methoxy groups -OCH3 is 1. The Bertz CT molecular complexity index is 1780. The molecule has 0 fully saturated rings. The third-order valence-corrected chi connectivity index (χ3v) is 8.27. The van der Waals surface area contributed by atoms with Crippen LogP contribution in [0.15, 0.2) is 72.8 Å². The number of ether oxygens (including phenoxy) is 1. The zero-order chi connectivity index (χ0) is 35.6. The van der Waals surface area contributed by atoms with E-state index in [-0.39, 0.29) is 17.7 Å². The molecule has 260 valence electrons. The quantitative estimate of drug-likeness (QED) is 0.0696. The molecule has 0 atom stereocenters. The van der Waals surface area contributed by atoms with Gasteiger partial charge in [-0.1, -0.05) is 84.4 Å². The van der Waals surface area contributed by atoms with Gasteiger partial charge in [0.1, 0.15) is 0 Å². The van der Waals surface area contributed by atoms with Gasteiger partial charge < -0.3 is 20.5 Å². The van der Waals surface area contributed by atoms with Crippen molar-refractivity contribution in [2.45, 2.75) is 32.4 Å². The molecule has 4 aromatic rings. The largest absolute Gasteiger partial charge is 0.416 e. The maximum Gasteiger partial charge on any atom is 0.416 e. The van der Waals surface area contributed by atoms with E-state index in [2.05, 4.69) is 10.6 Å². The molecule has 0 bridgehead atoms. The second-order valence-electron chi connectivity index (χ2n) is 11.3. The average molecular weight is 703 g/mol. The zero-order valence-corrected chi connectivity index (χ0v) is 27.7. The van der Waals surface area contributed by atoms with Crippen molar-refractivity contribution < 1.29 is 36.2 Å². The lowest BCUT2D eigenvalue weighted by atomic mass is 9.94. The summed E-state index contributed by atoms with van der Waals surface area (Å²) < 4.78 is 88.1. The summed E-state index contributed by atoms with van der Waals surface area (Å²) in [6, 6.07) is 18.5. The number of aliphatic hydroxyl groups is 1. The fraction of sp³-hybridized carbons (Fsp3) is 0.263. The summed E-state index contributed by atoms with van der Waals surface area (Å²) in [7, 11) is 1.57. The Labute approximate surface area is 287 Å². The first-order valence-corrected chi connectivity index (χ1v) is 15.9. The summed E-state index contributed by atoms with van der Waals surface area (Å²) in [5, 5.41) is 15.4. The summed E-state index contributed by atoms with van der Waals surface area (Å²) in [6.45, 7) is 3.74. The maximum absolute atomic E-state index is 13.9. The van der Waals surface area contributed by atoms with Crippen molar-refractivity contribution in [3.8, 4) is 11.1 Å². The highest BCUT2D eigenvalue weighted by atomic mass is 35.5. The molecule has 0 saturated heterocycles. The highest BCUT2D eigenvalue weighted by molar-refractivity contribution is 6.35. The molecule has 0 aliphatic rings. The molecule has 0 unspecified atom stereocenters. The molecular weight excluding hydrogens is 666 g/mol. The molecular formula is C38H37ClF6N2O2. The lowest BCUT2D eigenvalue weighted by molar-refractivity contribution is -0.138. The van der Waals surface area contributed by atoms with Crippen molar-refractivity contribution in [1.29, 1.82) is 0 Å². The number of alkyl halides is 6. The van der Waals surface area contributed by atoms with Gasteiger partial charge in [-0.2, -0.15) is 26.3 Å². The van der Waals surface area contributed by atoms with Crippen LogP contribution in [0.25, 0.3) is 35.4 Å². The normalized spacial score (nSPS) is 12.4. The SMILES string of the molecule is COCCNCc1ccc(C(F)(F)F)c(/C=C/c2cccc(-c3cccc(/C=C/c4cc(CNCCO)ccc4C(F)(F)F)c3C)c2Cl)c1. The highest BCUT2D eigenvalue weighted by Crippen LogP contribution is 2.38. The van der Waals surface area contributed by atoms with Gasteiger partial charge in [0.15, 0.2) is 0 Å². The Balaban J connectivity index is 1.66. The predicted molar refractivity (Wildman–Crippen MR) is 185 cm³/mol. The van der Waals surface area contributed by atoms with E-state index in [4.69, 9.17) is 21.4 Å². The third kappa shape index (κ3) is 10.3. The molecule has 4 aromatic carbocycles. The summed E-state index contributed by atoms with van der Waals surface area (Å²) in [5.74, 6) is 0. The van der Waals surface area contributed by atoms with Crippen LogP contribution >= 0.6 is 11.6 Å². The zero-order valence-electron chi connectivity index (χ0n) is 27.0. The lowest BCUT2D eigenvalue weighted by Crippen LogP contribution is -2.18. The van der Waals surface area contributed by atoms with Gasteiger partial charge in [0.05, 0.1) is 29.4 Å². The van der Waals surface area contributed by atoms with Crippen LogP contribution in [0.4, 0.5) is 26.3 Å². The number of benzene rings is 4. The fourth-order valence-corrected chi connectivity index (χ4v) is 5.62. The maximum atomic E-state index is 13.9. The molecule has 0 aliphatic heterocycles. The number of aliphatic hydroxyl groups excluding tert-OH is 1.